The quantitative estimate of drug-likeness (QED) is 0.569. The Balaban J connectivity index is 1.74. The Morgan fingerprint density at radius 2 is 2.18 bits per heavy atom. The maximum Gasteiger partial charge on any atom is 0.374 e. The first-order valence-electron chi connectivity index (χ1n) is 9.19. The number of thiophene rings is 1. The molecule has 1 saturated heterocycles. The number of sulfonamides is 1. The van der Waals surface area contributed by atoms with Crippen molar-refractivity contribution >= 4 is 38.3 Å². The molecule has 0 aliphatic carbocycles. The predicted octanol–water partition coefficient (Wildman–Crippen LogP) is 4.51. The number of furan rings is 1. The minimum absolute atomic E-state index is 0.115. The van der Waals surface area contributed by atoms with Crippen LogP contribution in [0.4, 0.5) is 0 Å². The monoisotopic (exact) mass is 419 g/mol. The van der Waals surface area contributed by atoms with Gasteiger partial charge >= 0.3 is 5.97 Å². The van der Waals surface area contributed by atoms with Crippen LogP contribution in [0, 0.1) is 6.92 Å². The standard InChI is InChI=1S/C20H21NO5S2/c1-3-25-20(22)19-13(2)15-12-14(8-9-17(15)26-19)28(23,24)21-10-4-6-16(21)18-7-5-11-27-18/h5,7-9,11-12,16H,3-4,6,10H2,1-2H3/t16-/m0/s1. The van der Waals surface area contributed by atoms with Crippen molar-refractivity contribution in [3.8, 4) is 0 Å². The van der Waals surface area contributed by atoms with Crippen molar-refractivity contribution in [2.45, 2.75) is 37.6 Å². The van der Waals surface area contributed by atoms with E-state index < -0.39 is 16.0 Å². The number of carbonyl (C=O) groups is 1. The van der Waals surface area contributed by atoms with Crippen LogP contribution in [0.5, 0.6) is 0 Å². The van der Waals surface area contributed by atoms with Gasteiger partial charge in [0, 0.05) is 22.4 Å². The largest absolute Gasteiger partial charge is 0.460 e. The molecule has 28 heavy (non-hydrogen) atoms. The fourth-order valence-corrected chi connectivity index (χ4v) is 6.32. The Morgan fingerprint density at radius 3 is 2.89 bits per heavy atom. The van der Waals surface area contributed by atoms with Gasteiger partial charge in [-0.15, -0.1) is 11.3 Å². The molecule has 6 nitrogen and oxygen atoms in total. The molecule has 0 radical (unpaired) electrons. The van der Waals surface area contributed by atoms with Crippen LogP contribution in [-0.4, -0.2) is 31.8 Å². The zero-order chi connectivity index (χ0) is 19.9. The number of benzene rings is 1. The normalized spacial score (nSPS) is 18.0. The minimum Gasteiger partial charge on any atom is -0.460 e. The first kappa shape index (κ1) is 19.2. The highest BCUT2D eigenvalue weighted by molar-refractivity contribution is 7.89. The average molecular weight is 420 g/mol. The number of esters is 1. The van der Waals surface area contributed by atoms with Crippen molar-refractivity contribution in [3.63, 3.8) is 0 Å². The molecule has 3 heterocycles. The van der Waals surface area contributed by atoms with E-state index in [2.05, 4.69) is 0 Å². The summed E-state index contributed by atoms with van der Waals surface area (Å²) < 4.78 is 38.9. The first-order chi connectivity index (χ1) is 13.4. The second-order valence-electron chi connectivity index (χ2n) is 6.72. The highest BCUT2D eigenvalue weighted by Crippen LogP contribution is 2.39. The molecule has 0 spiro atoms. The number of fused-ring (bicyclic) bond motifs is 1. The van der Waals surface area contributed by atoms with E-state index in [4.69, 9.17) is 9.15 Å². The van der Waals surface area contributed by atoms with Crippen LogP contribution in [-0.2, 0) is 14.8 Å². The molecule has 1 atom stereocenters. The van der Waals surface area contributed by atoms with E-state index >= 15 is 0 Å². The fraction of sp³-hybridized carbons (Fsp3) is 0.350. The Labute approximate surface area is 167 Å². The molecule has 148 valence electrons. The van der Waals surface area contributed by atoms with E-state index in [9.17, 15) is 13.2 Å². The van der Waals surface area contributed by atoms with E-state index in [-0.39, 0.29) is 23.3 Å². The summed E-state index contributed by atoms with van der Waals surface area (Å²) in [6.07, 6.45) is 1.65. The molecule has 1 aliphatic rings. The molecular weight excluding hydrogens is 398 g/mol. The summed E-state index contributed by atoms with van der Waals surface area (Å²) in [6.45, 7) is 4.20. The zero-order valence-electron chi connectivity index (χ0n) is 15.7. The number of hydrogen-bond donors (Lipinski definition) is 0. The Kier molecular flexibility index (Phi) is 5.03. The molecule has 0 bridgehead atoms. The van der Waals surface area contributed by atoms with Crippen LogP contribution < -0.4 is 0 Å². The van der Waals surface area contributed by atoms with Crippen LogP contribution in [0.15, 0.2) is 45.0 Å². The lowest BCUT2D eigenvalue weighted by atomic mass is 10.1. The molecule has 2 aromatic heterocycles. The smallest absolute Gasteiger partial charge is 0.374 e. The number of rotatable bonds is 5. The van der Waals surface area contributed by atoms with Gasteiger partial charge in [0.25, 0.3) is 0 Å². The summed E-state index contributed by atoms with van der Waals surface area (Å²) in [5.41, 5.74) is 1.05. The number of aryl methyl sites for hydroxylation is 1. The van der Waals surface area contributed by atoms with Gasteiger partial charge in [-0.1, -0.05) is 6.07 Å². The average Bonchev–Trinajstić information content (AvgIpc) is 3.41. The van der Waals surface area contributed by atoms with Crippen LogP contribution >= 0.6 is 11.3 Å². The van der Waals surface area contributed by atoms with Crippen molar-refractivity contribution in [1.82, 2.24) is 4.31 Å². The Bertz CT molecular complexity index is 1120. The van der Waals surface area contributed by atoms with E-state index in [1.807, 2.05) is 17.5 Å². The van der Waals surface area contributed by atoms with Gasteiger partial charge in [0.1, 0.15) is 5.58 Å². The third-order valence-corrected chi connectivity index (χ3v) is 7.93. The summed E-state index contributed by atoms with van der Waals surface area (Å²) in [5, 5.41) is 2.58. The van der Waals surface area contributed by atoms with Gasteiger partial charge in [0.2, 0.25) is 15.8 Å². The summed E-state index contributed by atoms with van der Waals surface area (Å²) in [5.74, 6) is -0.429. The lowest BCUT2D eigenvalue weighted by Gasteiger charge is -2.23. The molecule has 0 amide bonds. The maximum atomic E-state index is 13.3. The number of nitrogens with zero attached hydrogens (tertiary/aromatic N) is 1. The highest BCUT2D eigenvalue weighted by atomic mass is 32.2. The molecule has 8 heteroatoms. The SMILES string of the molecule is CCOC(=O)c1oc2ccc(S(=O)(=O)N3CCC[C@H]3c3cccs3)cc2c1C. The molecule has 1 fully saturated rings. The van der Waals surface area contributed by atoms with Gasteiger partial charge in [-0.05, 0) is 56.3 Å². The molecule has 0 N–H and O–H groups in total. The van der Waals surface area contributed by atoms with Crippen molar-refractivity contribution in [1.29, 1.82) is 0 Å². The van der Waals surface area contributed by atoms with E-state index in [1.165, 1.54) is 0 Å². The molecule has 1 aliphatic heterocycles. The molecule has 0 saturated carbocycles. The van der Waals surface area contributed by atoms with Gasteiger partial charge in [0.05, 0.1) is 17.5 Å². The maximum absolute atomic E-state index is 13.3. The van der Waals surface area contributed by atoms with Crippen molar-refractivity contribution < 1.29 is 22.4 Å². The Hall–Kier alpha value is -2.16. The van der Waals surface area contributed by atoms with Gasteiger partial charge < -0.3 is 9.15 Å². The summed E-state index contributed by atoms with van der Waals surface area (Å²) in [6, 6.07) is 8.55. The van der Waals surface area contributed by atoms with Crippen molar-refractivity contribution in [3.05, 3.63) is 51.9 Å². The van der Waals surface area contributed by atoms with Crippen LogP contribution in [0.2, 0.25) is 0 Å². The van der Waals surface area contributed by atoms with Crippen molar-refractivity contribution in [2.75, 3.05) is 13.2 Å². The first-order valence-corrected chi connectivity index (χ1v) is 11.5. The number of carbonyl (C=O) groups excluding carboxylic acids is 1. The topological polar surface area (TPSA) is 76.8 Å². The van der Waals surface area contributed by atoms with E-state index in [0.717, 1.165) is 17.7 Å². The van der Waals surface area contributed by atoms with Gasteiger partial charge in [-0.25, -0.2) is 13.2 Å². The summed E-state index contributed by atoms with van der Waals surface area (Å²) in [4.78, 5) is 13.3. The number of hydrogen-bond acceptors (Lipinski definition) is 6. The second kappa shape index (κ2) is 7.35. The van der Waals surface area contributed by atoms with E-state index in [1.54, 1.807) is 47.7 Å². The zero-order valence-corrected chi connectivity index (χ0v) is 17.3. The summed E-state index contributed by atoms with van der Waals surface area (Å²) >= 11 is 1.58. The predicted molar refractivity (Wildman–Crippen MR) is 107 cm³/mol. The third kappa shape index (κ3) is 3.15. The molecular formula is C20H21NO5S2. The molecule has 0 unspecified atom stereocenters. The third-order valence-electron chi connectivity index (χ3n) is 5.05. The highest BCUT2D eigenvalue weighted by Gasteiger charge is 2.37. The lowest BCUT2D eigenvalue weighted by Crippen LogP contribution is -2.30. The Morgan fingerprint density at radius 1 is 1.36 bits per heavy atom. The van der Waals surface area contributed by atoms with Gasteiger partial charge in [0.15, 0.2) is 0 Å². The van der Waals surface area contributed by atoms with Crippen LogP contribution in [0.25, 0.3) is 11.0 Å². The minimum atomic E-state index is -3.66. The lowest BCUT2D eigenvalue weighted by molar-refractivity contribution is 0.0491. The fourth-order valence-electron chi connectivity index (χ4n) is 3.68. The van der Waals surface area contributed by atoms with Gasteiger partial charge in [-0.3, -0.25) is 0 Å². The van der Waals surface area contributed by atoms with E-state index in [0.29, 0.717) is 23.1 Å². The summed E-state index contributed by atoms with van der Waals surface area (Å²) in [7, 11) is -3.66. The molecule has 1 aromatic carbocycles. The second-order valence-corrected chi connectivity index (χ2v) is 9.59. The van der Waals surface area contributed by atoms with Crippen LogP contribution in [0.1, 0.15) is 46.8 Å². The molecule has 3 aromatic rings. The number of ether oxygens (including phenoxy) is 1. The van der Waals surface area contributed by atoms with Gasteiger partial charge in [-0.2, -0.15) is 4.31 Å². The van der Waals surface area contributed by atoms with Crippen LogP contribution in [0.3, 0.4) is 0 Å². The molecule has 4 rings (SSSR count). The van der Waals surface area contributed by atoms with Crippen molar-refractivity contribution in [2.24, 2.45) is 0 Å².